The number of hydrogen-bond donors (Lipinski definition) is 0. The second-order valence-corrected chi connectivity index (χ2v) is 12.8. The highest BCUT2D eigenvalue weighted by molar-refractivity contribution is 8.26. The van der Waals surface area contributed by atoms with Gasteiger partial charge in [-0.05, 0) is 45.3 Å². The number of amidine groups is 1. The summed E-state index contributed by atoms with van der Waals surface area (Å²) in [7, 11) is 0. The number of halogens is 7. The lowest BCUT2D eigenvalue weighted by Crippen LogP contribution is -1.77. The molecule has 0 N–H and O–H groups in total. The Labute approximate surface area is 116 Å². The van der Waals surface area contributed by atoms with Crippen molar-refractivity contribution in [1.82, 2.24) is 0 Å². The fourth-order valence-electron chi connectivity index (χ4n) is 0.313. The van der Waals surface area contributed by atoms with E-state index < -0.39 is 11.7 Å². The maximum Gasteiger partial charge on any atom is 0.231 e. The van der Waals surface area contributed by atoms with E-state index in [2.05, 4.69) is 9.74 Å². The van der Waals surface area contributed by atoms with Crippen LogP contribution in [0.1, 0.15) is 0 Å². The summed E-state index contributed by atoms with van der Waals surface area (Å²) in [5.74, 6) is 1.30. The first-order valence-electron chi connectivity index (χ1n) is 2.64. The zero-order valence-electron chi connectivity index (χ0n) is 6.01. The third kappa shape index (κ3) is 10.6. The summed E-state index contributed by atoms with van der Waals surface area (Å²) < 4.78 is 3.48. The van der Waals surface area contributed by atoms with E-state index in [1.807, 2.05) is 0 Å². The van der Waals surface area contributed by atoms with Gasteiger partial charge in [0.25, 0.3) is 0 Å². The molecule has 0 fully saturated rings. The van der Waals surface area contributed by atoms with Crippen molar-refractivity contribution in [2.45, 2.75) is 0 Å². The fraction of sp³-hybridized carbons (Fsp3) is 0. The van der Waals surface area contributed by atoms with E-state index >= 15 is 0 Å². The summed E-state index contributed by atoms with van der Waals surface area (Å²) in [6.07, 6.45) is 0. The van der Waals surface area contributed by atoms with Crippen LogP contribution in [0.5, 0.6) is 0 Å². The predicted molar refractivity (Wildman–Crippen MR) is 72.8 cm³/mol. The standard InChI is InChI=1S/C3HCl7N2P2/c4-2(1-13(6)7)11-3(5)12-14(8,9)10/h1H/b2-1+,11-3+. The summed E-state index contributed by atoms with van der Waals surface area (Å²) in [6.45, 7) is -1.35. The van der Waals surface area contributed by atoms with Crippen LogP contribution >= 0.6 is 91.1 Å². The Morgan fingerprint density at radius 2 is 1.64 bits per heavy atom. The Morgan fingerprint density at radius 1 is 1.14 bits per heavy atom. The zero-order chi connectivity index (χ0) is 11.4. The highest BCUT2D eigenvalue weighted by atomic mass is 36.0. The van der Waals surface area contributed by atoms with Gasteiger partial charge in [0, 0.05) is 5.82 Å². The molecule has 0 unspecified atom stereocenters. The van der Waals surface area contributed by atoms with Crippen molar-refractivity contribution in [3.63, 3.8) is 0 Å². The third-order valence-corrected chi connectivity index (χ3v) is 3.35. The minimum absolute atomic E-state index is 0.00619. The van der Waals surface area contributed by atoms with Crippen LogP contribution in [-0.4, -0.2) is 5.29 Å². The molecule has 0 saturated carbocycles. The van der Waals surface area contributed by atoms with Gasteiger partial charge < -0.3 is 0 Å². The molecule has 11 heteroatoms. The summed E-state index contributed by atoms with van der Waals surface area (Å²) in [5.41, 5.74) is 0. The zero-order valence-corrected chi connectivity index (χ0v) is 13.1. The molecule has 82 valence electrons. The van der Waals surface area contributed by atoms with Crippen LogP contribution in [0, 0.1) is 0 Å². The van der Waals surface area contributed by atoms with Crippen molar-refractivity contribution >= 4 is 96.4 Å². The molecule has 0 aromatic rings. The SMILES string of the molecule is ClC(=C\P(Cl)Cl)/N=C(\Cl)N=P(Cl)(Cl)Cl. The van der Waals surface area contributed by atoms with E-state index in [0.717, 1.165) is 0 Å². The molecule has 0 aromatic carbocycles. The summed E-state index contributed by atoms with van der Waals surface area (Å²) in [5, 5.41) is -3.20. The maximum atomic E-state index is 5.56. The van der Waals surface area contributed by atoms with Gasteiger partial charge in [-0.3, -0.25) is 0 Å². The lowest BCUT2D eigenvalue weighted by Gasteiger charge is -1.96. The molecule has 0 atom stereocenters. The van der Waals surface area contributed by atoms with Crippen molar-refractivity contribution in [2.24, 2.45) is 9.74 Å². The van der Waals surface area contributed by atoms with Crippen LogP contribution in [0.15, 0.2) is 20.7 Å². The van der Waals surface area contributed by atoms with Crippen LogP contribution < -0.4 is 0 Å². The van der Waals surface area contributed by atoms with Crippen LogP contribution in [0.25, 0.3) is 0 Å². The van der Waals surface area contributed by atoms with E-state index in [1.165, 1.54) is 5.82 Å². The van der Waals surface area contributed by atoms with Gasteiger partial charge in [-0.15, -0.1) is 0 Å². The minimum atomic E-state index is -2.93. The van der Waals surface area contributed by atoms with E-state index in [0.29, 0.717) is 0 Å². The summed E-state index contributed by atoms with van der Waals surface area (Å²) in [6, 6.07) is 0. The molecule has 0 aliphatic heterocycles. The monoisotopic (exact) mass is 372 g/mol. The summed E-state index contributed by atoms with van der Waals surface area (Å²) in [4.78, 5) is 3.57. The Balaban J connectivity index is 4.71. The average Bonchev–Trinajstić information content (AvgIpc) is 1.77. The first kappa shape index (κ1) is 16.1. The molecule has 0 rings (SSSR count). The van der Waals surface area contributed by atoms with Crippen molar-refractivity contribution in [3.05, 3.63) is 11.0 Å². The highest BCUT2D eigenvalue weighted by Crippen LogP contribution is 2.65. The number of rotatable bonds is 2. The number of aliphatic imine (C=N–C) groups is 1. The van der Waals surface area contributed by atoms with Crippen LogP contribution in [0.4, 0.5) is 0 Å². The van der Waals surface area contributed by atoms with Gasteiger partial charge >= 0.3 is 0 Å². The molecular formula is C3HCl7N2P2. The lowest BCUT2D eigenvalue weighted by molar-refractivity contribution is 1.51. The molecule has 0 heterocycles. The van der Waals surface area contributed by atoms with Crippen molar-refractivity contribution < 1.29 is 0 Å². The molecule has 0 bridgehead atoms. The van der Waals surface area contributed by atoms with Gasteiger partial charge in [-0.1, -0.05) is 34.1 Å². The minimum Gasteiger partial charge on any atom is -0.206 e. The maximum absolute atomic E-state index is 5.56. The molecule has 0 aromatic heterocycles. The molecule has 0 amide bonds. The Morgan fingerprint density at radius 3 is 2.00 bits per heavy atom. The van der Waals surface area contributed by atoms with E-state index in [9.17, 15) is 0 Å². The lowest BCUT2D eigenvalue weighted by atomic mass is 11.0. The normalized spacial score (nSPS) is 14.9. The van der Waals surface area contributed by atoms with E-state index in [4.69, 9.17) is 79.4 Å². The van der Waals surface area contributed by atoms with Crippen LogP contribution in [0.2, 0.25) is 0 Å². The Hall–Kier alpha value is 2.10. The van der Waals surface area contributed by atoms with Gasteiger partial charge in [-0.25, -0.2) is 4.99 Å². The third-order valence-electron chi connectivity index (χ3n) is 0.599. The van der Waals surface area contributed by atoms with Crippen molar-refractivity contribution in [3.8, 4) is 0 Å². The highest BCUT2D eigenvalue weighted by Gasteiger charge is 2.07. The average molecular weight is 375 g/mol. The van der Waals surface area contributed by atoms with Gasteiger partial charge in [0.2, 0.25) is 10.4 Å². The fourth-order valence-corrected chi connectivity index (χ4v) is 3.46. The number of hydrogen-bond acceptors (Lipinski definition) is 1. The molecule has 0 spiro atoms. The molecule has 2 nitrogen and oxygen atoms in total. The van der Waals surface area contributed by atoms with Gasteiger partial charge in [0.15, 0.2) is 0 Å². The quantitative estimate of drug-likeness (QED) is 0.213. The molecule has 0 radical (unpaired) electrons. The first-order chi connectivity index (χ1) is 6.20. The second kappa shape index (κ2) is 7.43. The van der Waals surface area contributed by atoms with Gasteiger partial charge in [0.1, 0.15) is 11.8 Å². The van der Waals surface area contributed by atoms with E-state index in [-0.39, 0.29) is 10.5 Å². The van der Waals surface area contributed by atoms with Crippen LogP contribution in [-0.2, 0) is 0 Å². The first-order valence-corrected chi connectivity index (χ1v) is 11.1. The van der Waals surface area contributed by atoms with Crippen molar-refractivity contribution in [2.75, 3.05) is 0 Å². The number of nitrogens with zero attached hydrogens (tertiary/aromatic N) is 2. The second-order valence-electron chi connectivity index (χ2n) is 1.61. The molecule has 0 saturated heterocycles. The molecule has 0 aliphatic carbocycles. The molecule has 0 aliphatic rings. The molecule has 14 heavy (non-hydrogen) atoms. The summed E-state index contributed by atoms with van der Waals surface area (Å²) >= 11 is 38.2. The Kier molecular flexibility index (Phi) is 8.55. The predicted octanol–water partition coefficient (Wildman–Crippen LogP) is 7.07. The molecular weight excluding hydrogens is 374 g/mol. The van der Waals surface area contributed by atoms with Crippen molar-refractivity contribution in [1.29, 1.82) is 0 Å². The topological polar surface area (TPSA) is 24.7 Å². The van der Waals surface area contributed by atoms with Crippen LogP contribution in [0.3, 0.4) is 0 Å². The Bertz CT molecular complexity index is 296. The van der Waals surface area contributed by atoms with E-state index in [1.54, 1.807) is 0 Å². The van der Waals surface area contributed by atoms with Gasteiger partial charge in [-0.2, -0.15) is 4.74 Å². The smallest absolute Gasteiger partial charge is 0.206 e. The van der Waals surface area contributed by atoms with Gasteiger partial charge in [0.05, 0.1) is 0 Å². The largest absolute Gasteiger partial charge is 0.231 e.